The Hall–Kier alpha value is -2.28. The zero-order valence-electron chi connectivity index (χ0n) is 14.6. The maximum absolute atomic E-state index is 12.4. The number of hydrogen-bond donors (Lipinski definition) is 2. The van der Waals surface area contributed by atoms with E-state index >= 15 is 0 Å². The van der Waals surface area contributed by atoms with Gasteiger partial charge in [-0.25, -0.2) is 4.98 Å². The number of nitrogens with zero attached hydrogens (tertiary/aromatic N) is 2. The minimum absolute atomic E-state index is 0.205. The van der Waals surface area contributed by atoms with Gasteiger partial charge in [-0.2, -0.15) is 0 Å². The minimum Gasteiger partial charge on any atom is -0.365 e. The first-order valence-electron chi connectivity index (χ1n) is 8.29. The van der Waals surface area contributed by atoms with Crippen molar-refractivity contribution in [2.75, 3.05) is 5.32 Å². The standard InChI is InChI=1S/C18H22N4O2S/c1-18(2,3)10-4-5-11-13(8-10)25-17(14(11)15(19)23)22-16(24)12-9-20-6-7-21-12/h6-7,9-10H,4-5,8H2,1-3H3,(H2,19,23)(H,22,24). The fourth-order valence-corrected chi connectivity index (χ4v) is 4.59. The molecule has 3 N–H and O–H groups in total. The van der Waals surface area contributed by atoms with Crippen LogP contribution in [0.4, 0.5) is 5.00 Å². The number of anilines is 1. The van der Waals surface area contributed by atoms with Crippen molar-refractivity contribution < 1.29 is 9.59 Å². The van der Waals surface area contributed by atoms with Gasteiger partial charge in [0.2, 0.25) is 0 Å². The fourth-order valence-electron chi connectivity index (χ4n) is 3.26. The lowest BCUT2D eigenvalue weighted by atomic mass is 9.72. The molecule has 2 heterocycles. The van der Waals surface area contributed by atoms with E-state index in [4.69, 9.17) is 5.73 Å². The van der Waals surface area contributed by atoms with E-state index in [1.165, 1.54) is 29.9 Å². The van der Waals surface area contributed by atoms with Crippen LogP contribution in [0.3, 0.4) is 0 Å². The molecule has 0 aliphatic heterocycles. The van der Waals surface area contributed by atoms with Gasteiger partial charge < -0.3 is 11.1 Å². The molecule has 6 nitrogen and oxygen atoms in total. The molecule has 132 valence electrons. The topological polar surface area (TPSA) is 98.0 Å². The molecule has 0 saturated heterocycles. The lowest BCUT2D eigenvalue weighted by Crippen LogP contribution is -2.27. The lowest BCUT2D eigenvalue weighted by molar-refractivity contribution is 0.1000. The van der Waals surface area contributed by atoms with Crippen LogP contribution in [0, 0.1) is 11.3 Å². The molecule has 2 aromatic heterocycles. The Morgan fingerprint density at radius 3 is 2.68 bits per heavy atom. The molecule has 2 amide bonds. The molecule has 2 aromatic rings. The fraction of sp³-hybridized carbons (Fsp3) is 0.444. The second-order valence-electron chi connectivity index (χ2n) is 7.42. The van der Waals surface area contributed by atoms with Crippen molar-refractivity contribution in [2.24, 2.45) is 17.1 Å². The lowest BCUT2D eigenvalue weighted by Gasteiger charge is -2.33. The van der Waals surface area contributed by atoms with Crippen molar-refractivity contribution >= 4 is 28.2 Å². The molecule has 1 unspecified atom stereocenters. The summed E-state index contributed by atoms with van der Waals surface area (Å²) in [5.74, 6) is -0.342. The zero-order chi connectivity index (χ0) is 18.2. The van der Waals surface area contributed by atoms with Gasteiger partial charge in [-0.05, 0) is 36.2 Å². The van der Waals surface area contributed by atoms with Crippen LogP contribution < -0.4 is 11.1 Å². The second kappa shape index (κ2) is 6.55. The number of carbonyl (C=O) groups excluding carboxylic acids is 2. The Labute approximate surface area is 150 Å². The summed E-state index contributed by atoms with van der Waals surface area (Å²) in [6.45, 7) is 6.71. The predicted octanol–water partition coefficient (Wildman–Crippen LogP) is 3.04. The van der Waals surface area contributed by atoms with Gasteiger partial charge in [-0.3, -0.25) is 14.6 Å². The summed E-state index contributed by atoms with van der Waals surface area (Å²) in [5, 5.41) is 3.31. The van der Waals surface area contributed by atoms with Crippen molar-refractivity contribution in [1.29, 1.82) is 0 Å². The summed E-state index contributed by atoms with van der Waals surface area (Å²) >= 11 is 1.45. The number of rotatable bonds is 3. The predicted molar refractivity (Wildman–Crippen MR) is 97.8 cm³/mol. The molecule has 25 heavy (non-hydrogen) atoms. The molecule has 7 heteroatoms. The molecule has 0 bridgehead atoms. The monoisotopic (exact) mass is 358 g/mol. The SMILES string of the molecule is CC(C)(C)C1CCc2c(sc(NC(=O)c3cnccn3)c2C(N)=O)C1. The minimum atomic E-state index is -0.499. The normalized spacial score (nSPS) is 17.0. The first-order chi connectivity index (χ1) is 11.8. The molecule has 0 fully saturated rings. The summed E-state index contributed by atoms with van der Waals surface area (Å²) in [4.78, 5) is 33.4. The third-order valence-corrected chi connectivity index (χ3v) is 5.93. The molecule has 1 aliphatic rings. The Morgan fingerprint density at radius 2 is 2.08 bits per heavy atom. The highest BCUT2D eigenvalue weighted by Gasteiger charge is 2.33. The largest absolute Gasteiger partial charge is 0.365 e. The van der Waals surface area contributed by atoms with Gasteiger partial charge in [-0.1, -0.05) is 20.8 Å². The van der Waals surface area contributed by atoms with Gasteiger partial charge in [0.15, 0.2) is 0 Å². The summed E-state index contributed by atoms with van der Waals surface area (Å²) < 4.78 is 0. The van der Waals surface area contributed by atoms with Crippen LogP contribution in [-0.4, -0.2) is 21.8 Å². The van der Waals surface area contributed by atoms with Gasteiger partial charge in [-0.15, -0.1) is 11.3 Å². The average molecular weight is 358 g/mol. The maximum atomic E-state index is 12.4. The number of fused-ring (bicyclic) bond motifs is 1. The van der Waals surface area contributed by atoms with Gasteiger partial charge >= 0.3 is 0 Å². The number of thiophene rings is 1. The number of aromatic nitrogens is 2. The van der Waals surface area contributed by atoms with Crippen LogP contribution in [0.2, 0.25) is 0 Å². The number of carbonyl (C=O) groups is 2. The van der Waals surface area contributed by atoms with Gasteiger partial charge in [0, 0.05) is 17.3 Å². The summed E-state index contributed by atoms with van der Waals surface area (Å²) in [5.41, 5.74) is 7.46. The van der Waals surface area contributed by atoms with E-state index in [0.717, 1.165) is 29.7 Å². The second-order valence-corrected chi connectivity index (χ2v) is 8.53. The number of primary amides is 1. The van der Waals surface area contributed by atoms with Gasteiger partial charge in [0.05, 0.1) is 11.8 Å². The summed E-state index contributed by atoms with van der Waals surface area (Å²) in [6.07, 6.45) is 7.09. The van der Waals surface area contributed by atoms with Gasteiger partial charge in [0.25, 0.3) is 11.8 Å². The first kappa shape index (κ1) is 17.5. The van der Waals surface area contributed by atoms with Crippen molar-refractivity contribution in [3.05, 3.63) is 40.3 Å². The highest BCUT2D eigenvalue weighted by Crippen LogP contribution is 2.44. The average Bonchev–Trinajstić information content (AvgIpc) is 2.91. The molecular formula is C18H22N4O2S. The van der Waals surface area contributed by atoms with E-state index in [-0.39, 0.29) is 17.0 Å². The highest BCUT2D eigenvalue weighted by molar-refractivity contribution is 7.17. The third-order valence-electron chi connectivity index (χ3n) is 4.76. The van der Waals surface area contributed by atoms with E-state index in [1.807, 2.05) is 0 Å². The number of amides is 2. The van der Waals surface area contributed by atoms with Gasteiger partial charge in [0.1, 0.15) is 10.7 Å². The molecule has 1 aliphatic carbocycles. The molecule has 0 saturated carbocycles. The maximum Gasteiger partial charge on any atom is 0.276 e. The highest BCUT2D eigenvalue weighted by atomic mass is 32.1. The number of hydrogen-bond acceptors (Lipinski definition) is 5. The van der Waals surface area contributed by atoms with Crippen LogP contribution in [0.15, 0.2) is 18.6 Å². The first-order valence-corrected chi connectivity index (χ1v) is 9.10. The molecule has 3 rings (SSSR count). The van der Waals surface area contributed by atoms with Crippen LogP contribution >= 0.6 is 11.3 Å². The Morgan fingerprint density at radius 1 is 1.32 bits per heavy atom. The number of nitrogens with one attached hydrogen (secondary N) is 1. The Balaban J connectivity index is 1.92. The Bertz CT molecular complexity index is 808. The van der Waals surface area contributed by atoms with E-state index in [0.29, 0.717) is 16.5 Å². The molecule has 0 radical (unpaired) electrons. The van der Waals surface area contributed by atoms with E-state index in [1.54, 1.807) is 0 Å². The quantitative estimate of drug-likeness (QED) is 0.881. The van der Waals surface area contributed by atoms with Crippen LogP contribution in [0.25, 0.3) is 0 Å². The van der Waals surface area contributed by atoms with Crippen LogP contribution in [0.1, 0.15) is 58.5 Å². The Kier molecular flexibility index (Phi) is 4.60. The molecule has 1 atom stereocenters. The van der Waals surface area contributed by atoms with Crippen molar-refractivity contribution in [3.63, 3.8) is 0 Å². The van der Waals surface area contributed by atoms with Crippen molar-refractivity contribution in [1.82, 2.24) is 9.97 Å². The molecule has 0 aromatic carbocycles. The molecule has 0 spiro atoms. The van der Waals surface area contributed by atoms with E-state index in [2.05, 4.69) is 36.1 Å². The summed E-state index contributed by atoms with van der Waals surface area (Å²) in [7, 11) is 0. The van der Waals surface area contributed by atoms with Crippen LogP contribution in [0.5, 0.6) is 0 Å². The smallest absolute Gasteiger partial charge is 0.276 e. The van der Waals surface area contributed by atoms with Crippen molar-refractivity contribution in [2.45, 2.75) is 40.0 Å². The van der Waals surface area contributed by atoms with Crippen molar-refractivity contribution in [3.8, 4) is 0 Å². The van der Waals surface area contributed by atoms with E-state index < -0.39 is 5.91 Å². The molecular weight excluding hydrogens is 336 g/mol. The third kappa shape index (κ3) is 3.56. The summed E-state index contributed by atoms with van der Waals surface area (Å²) in [6, 6.07) is 0. The van der Waals surface area contributed by atoms with E-state index in [9.17, 15) is 9.59 Å². The van der Waals surface area contributed by atoms with Crippen LogP contribution in [-0.2, 0) is 12.8 Å². The zero-order valence-corrected chi connectivity index (χ0v) is 15.4. The number of nitrogens with two attached hydrogens (primary N) is 1.